The van der Waals surface area contributed by atoms with Gasteiger partial charge in [0.15, 0.2) is 0 Å². The predicted octanol–water partition coefficient (Wildman–Crippen LogP) is 3.53. The van der Waals surface area contributed by atoms with Crippen molar-refractivity contribution < 1.29 is 36.3 Å². The largest absolute Gasteiger partial charge is 0.447 e. The quantitative estimate of drug-likeness (QED) is 0.740. The number of ether oxygens (including phenoxy) is 1. The van der Waals surface area contributed by atoms with Crippen molar-refractivity contribution in [3.8, 4) is 0 Å². The van der Waals surface area contributed by atoms with E-state index in [-0.39, 0.29) is 13.0 Å². The fourth-order valence-corrected chi connectivity index (χ4v) is 3.42. The minimum absolute atomic E-state index is 0.149. The Kier molecular flexibility index (Phi) is 6.06. The number of hydrogen-bond acceptors (Lipinski definition) is 4. The van der Waals surface area contributed by atoms with Crippen LogP contribution in [0.3, 0.4) is 0 Å². The van der Waals surface area contributed by atoms with Gasteiger partial charge in [-0.2, -0.15) is 13.2 Å². The van der Waals surface area contributed by atoms with Crippen molar-refractivity contribution in [2.75, 3.05) is 6.61 Å². The van der Waals surface area contributed by atoms with Crippen molar-refractivity contribution in [1.29, 1.82) is 0 Å². The molecule has 0 aromatic heterocycles. The van der Waals surface area contributed by atoms with Crippen molar-refractivity contribution >= 4 is 12.0 Å². The summed E-state index contributed by atoms with van der Waals surface area (Å²) in [6.45, 7) is -0.211. The highest BCUT2D eigenvalue weighted by atomic mass is 19.4. The maximum atomic E-state index is 13.7. The molecule has 1 fully saturated rings. The van der Waals surface area contributed by atoms with E-state index in [1.807, 2.05) is 0 Å². The number of carbonyl (C=O) groups is 2. The lowest BCUT2D eigenvalue weighted by molar-refractivity contribution is -0.163. The third-order valence-electron chi connectivity index (χ3n) is 4.75. The van der Waals surface area contributed by atoms with Crippen LogP contribution in [-0.2, 0) is 16.0 Å². The Balaban J connectivity index is 1.90. The van der Waals surface area contributed by atoms with Gasteiger partial charge in [-0.05, 0) is 29.7 Å². The lowest BCUT2D eigenvalue weighted by atomic mass is 9.89. The van der Waals surface area contributed by atoms with Crippen LogP contribution in [0.15, 0.2) is 48.5 Å². The minimum atomic E-state index is -5.10. The summed E-state index contributed by atoms with van der Waals surface area (Å²) in [5, 5.41) is 0. The van der Waals surface area contributed by atoms with Crippen LogP contribution in [0.4, 0.5) is 26.7 Å². The highest BCUT2D eigenvalue weighted by molar-refractivity contribution is 5.97. The van der Waals surface area contributed by atoms with Crippen LogP contribution >= 0.6 is 0 Å². The van der Waals surface area contributed by atoms with Crippen LogP contribution in [0.25, 0.3) is 0 Å². The van der Waals surface area contributed by atoms with Gasteiger partial charge in [-0.25, -0.2) is 18.5 Å². The average Bonchev–Trinajstić information content (AvgIpc) is 3.00. The third kappa shape index (κ3) is 4.59. The fraction of sp³-hybridized carbons (Fsp3) is 0.300. The number of imide groups is 1. The summed E-state index contributed by atoms with van der Waals surface area (Å²) in [5.41, 5.74) is 5.49. The van der Waals surface area contributed by atoms with Crippen molar-refractivity contribution in [3.63, 3.8) is 0 Å². The molecule has 2 amide bonds. The summed E-state index contributed by atoms with van der Waals surface area (Å²) in [4.78, 5) is 25.4. The van der Waals surface area contributed by atoms with Crippen molar-refractivity contribution in [1.82, 2.24) is 4.90 Å². The van der Waals surface area contributed by atoms with Crippen LogP contribution < -0.4 is 5.73 Å². The first-order valence-electron chi connectivity index (χ1n) is 8.90. The highest BCUT2D eigenvalue weighted by Gasteiger charge is 2.51. The second kappa shape index (κ2) is 8.39. The Morgan fingerprint density at radius 1 is 1.13 bits per heavy atom. The zero-order valence-corrected chi connectivity index (χ0v) is 15.4. The van der Waals surface area contributed by atoms with Crippen molar-refractivity contribution in [3.05, 3.63) is 71.3 Å². The molecule has 0 saturated carbocycles. The maximum Gasteiger partial charge on any atom is 0.417 e. The highest BCUT2D eigenvalue weighted by Crippen LogP contribution is 2.38. The van der Waals surface area contributed by atoms with Gasteiger partial charge in [0.1, 0.15) is 30.2 Å². The fourth-order valence-electron chi connectivity index (χ4n) is 3.42. The number of halogens is 5. The SMILES string of the molecule is N[C@H](C(=O)N1C(=O)OCC1Cc1ccccc1)[C@@H](c1cc(F)cc(F)c1)C(F)(F)F. The molecule has 1 aliphatic rings. The van der Waals surface area contributed by atoms with E-state index in [0.717, 1.165) is 5.56 Å². The smallest absolute Gasteiger partial charge is 0.417 e. The van der Waals surface area contributed by atoms with E-state index in [1.54, 1.807) is 30.3 Å². The molecule has 1 heterocycles. The van der Waals surface area contributed by atoms with E-state index in [2.05, 4.69) is 0 Å². The van der Waals surface area contributed by atoms with Crippen molar-refractivity contribution in [2.45, 2.75) is 30.6 Å². The Bertz CT molecular complexity index is 916. The normalized spacial score (nSPS) is 18.8. The van der Waals surface area contributed by atoms with E-state index in [1.165, 1.54) is 0 Å². The lowest BCUT2D eigenvalue weighted by Gasteiger charge is -2.29. The molecule has 0 spiro atoms. The van der Waals surface area contributed by atoms with Crippen LogP contribution in [0.2, 0.25) is 0 Å². The molecule has 1 saturated heterocycles. The molecule has 10 heteroatoms. The zero-order valence-electron chi connectivity index (χ0n) is 15.4. The monoisotopic (exact) mass is 428 g/mol. The molecule has 3 rings (SSSR count). The van der Waals surface area contributed by atoms with Gasteiger partial charge in [-0.15, -0.1) is 0 Å². The number of carbonyl (C=O) groups excluding carboxylic acids is 2. The molecule has 5 nitrogen and oxygen atoms in total. The van der Waals surface area contributed by atoms with E-state index in [0.29, 0.717) is 23.1 Å². The molecule has 1 unspecified atom stereocenters. The standard InChI is InChI=1S/C20H17F5N2O3/c21-13-7-12(8-14(22)9-13)16(20(23,24)25)17(26)18(28)27-15(10-30-19(27)29)6-11-4-2-1-3-5-11/h1-5,7-9,15-17H,6,10,26H2/t15?,16-,17+/m1/s1. The number of benzene rings is 2. The number of cyclic esters (lactones) is 1. The topological polar surface area (TPSA) is 72.6 Å². The van der Waals surface area contributed by atoms with Crippen LogP contribution in [0, 0.1) is 11.6 Å². The van der Waals surface area contributed by atoms with Crippen LogP contribution in [0.5, 0.6) is 0 Å². The van der Waals surface area contributed by atoms with E-state index in [4.69, 9.17) is 10.5 Å². The molecule has 0 radical (unpaired) electrons. The van der Waals surface area contributed by atoms with E-state index in [9.17, 15) is 31.5 Å². The molecule has 0 bridgehead atoms. The summed E-state index contributed by atoms with van der Waals surface area (Å²) in [7, 11) is 0. The first-order chi connectivity index (χ1) is 14.1. The Hall–Kier alpha value is -3.01. The summed E-state index contributed by atoms with van der Waals surface area (Å²) in [6, 6.07) is 6.79. The van der Waals surface area contributed by atoms with Gasteiger partial charge in [0.25, 0.3) is 0 Å². The number of alkyl halides is 3. The molecule has 2 aromatic rings. The molecule has 30 heavy (non-hydrogen) atoms. The first-order valence-corrected chi connectivity index (χ1v) is 8.90. The van der Waals surface area contributed by atoms with Gasteiger partial charge in [0, 0.05) is 6.07 Å². The van der Waals surface area contributed by atoms with E-state index >= 15 is 0 Å². The molecule has 2 aromatic carbocycles. The molecule has 1 aliphatic heterocycles. The molecule has 0 aliphatic carbocycles. The molecular formula is C20H17F5N2O3. The third-order valence-corrected chi connectivity index (χ3v) is 4.75. The molecule has 2 N–H and O–H groups in total. The number of nitrogens with two attached hydrogens (primary N) is 1. The Morgan fingerprint density at radius 2 is 1.73 bits per heavy atom. The number of hydrogen-bond donors (Lipinski definition) is 1. The summed E-state index contributed by atoms with van der Waals surface area (Å²) < 4.78 is 72.9. The van der Waals surface area contributed by atoms with Crippen molar-refractivity contribution in [2.24, 2.45) is 5.73 Å². The number of rotatable bonds is 5. The summed E-state index contributed by atoms with van der Waals surface area (Å²) in [6.07, 6.45) is -6.08. The molecule has 3 atom stereocenters. The van der Waals surface area contributed by atoms with Crippen LogP contribution in [-0.4, -0.2) is 41.8 Å². The summed E-state index contributed by atoms with van der Waals surface area (Å²) in [5.74, 6) is -6.56. The van der Waals surface area contributed by atoms with Gasteiger partial charge in [0.2, 0.25) is 5.91 Å². The van der Waals surface area contributed by atoms with E-state index < -0.39 is 53.4 Å². The Morgan fingerprint density at radius 3 is 2.30 bits per heavy atom. The minimum Gasteiger partial charge on any atom is -0.447 e. The first kappa shape index (κ1) is 21.7. The molecular weight excluding hydrogens is 411 g/mol. The van der Waals surface area contributed by atoms with Gasteiger partial charge >= 0.3 is 12.3 Å². The second-order valence-electron chi connectivity index (χ2n) is 6.88. The molecule has 160 valence electrons. The second-order valence-corrected chi connectivity index (χ2v) is 6.88. The maximum absolute atomic E-state index is 13.7. The average molecular weight is 428 g/mol. The van der Waals surface area contributed by atoms with Gasteiger partial charge in [-0.3, -0.25) is 4.79 Å². The lowest BCUT2D eigenvalue weighted by Crippen LogP contribution is -2.53. The Labute approximate surface area is 168 Å². The predicted molar refractivity (Wildman–Crippen MR) is 95.3 cm³/mol. The number of amides is 2. The summed E-state index contributed by atoms with van der Waals surface area (Å²) >= 11 is 0. The zero-order chi connectivity index (χ0) is 22.1. The number of nitrogens with zero attached hydrogens (tertiary/aromatic N) is 1. The van der Waals surface area contributed by atoms with Crippen LogP contribution in [0.1, 0.15) is 17.0 Å². The van der Waals surface area contributed by atoms with Gasteiger partial charge in [-0.1, -0.05) is 30.3 Å². The van der Waals surface area contributed by atoms with Gasteiger partial charge < -0.3 is 10.5 Å². The van der Waals surface area contributed by atoms with Gasteiger partial charge in [0.05, 0.1) is 6.04 Å².